The Morgan fingerprint density at radius 1 is 0.925 bits per heavy atom. The van der Waals surface area contributed by atoms with Crippen LogP contribution in [-0.4, -0.2) is 119 Å². The zero-order chi connectivity index (χ0) is 56.3. The van der Waals surface area contributed by atoms with Crippen molar-refractivity contribution in [2.45, 2.75) is 102 Å². The minimum Gasteiger partial charge on any atom is -0.481 e. The number of carboxylic acids is 1. The summed E-state index contributed by atoms with van der Waals surface area (Å²) in [5.74, 6) is -3.37. The summed E-state index contributed by atoms with van der Waals surface area (Å²) in [6.45, 7) is 2.77. The van der Waals surface area contributed by atoms with Gasteiger partial charge in [-0.1, -0.05) is 74.0 Å². The van der Waals surface area contributed by atoms with Gasteiger partial charge in [0.05, 0.1) is 35.1 Å². The molecular weight excluding hydrogens is 1050 g/mol. The monoisotopic (exact) mass is 1110 g/mol. The predicted octanol–water partition coefficient (Wildman–Crippen LogP) is 4.98. The lowest BCUT2D eigenvalue weighted by atomic mass is 9.46. The van der Waals surface area contributed by atoms with Gasteiger partial charge in [0, 0.05) is 52.7 Å². The van der Waals surface area contributed by atoms with Gasteiger partial charge in [-0.15, -0.1) is 31.7 Å². The first-order chi connectivity index (χ1) is 38.4. The molecule has 10 rings (SSSR count). The number of aliphatic hydroxyl groups is 2. The average molecular weight is 1110 g/mol. The summed E-state index contributed by atoms with van der Waals surface area (Å²) in [5, 5.41) is 58.0. The van der Waals surface area contributed by atoms with E-state index in [0.717, 1.165) is 22.6 Å². The zero-order valence-corrected chi connectivity index (χ0v) is 44.5. The summed E-state index contributed by atoms with van der Waals surface area (Å²) < 4.78 is 18.9. The summed E-state index contributed by atoms with van der Waals surface area (Å²) in [4.78, 5) is 94.8. The van der Waals surface area contributed by atoms with Gasteiger partial charge >= 0.3 is 12.1 Å². The van der Waals surface area contributed by atoms with E-state index in [0.29, 0.717) is 58.0 Å². The van der Waals surface area contributed by atoms with E-state index >= 15 is 0 Å². The molecule has 80 heavy (non-hydrogen) atoms. The molecule has 2 aromatic heterocycles. The third-order valence-corrected chi connectivity index (χ3v) is 17.5. The van der Waals surface area contributed by atoms with Crippen LogP contribution in [0.1, 0.15) is 85.2 Å². The highest BCUT2D eigenvalue weighted by Crippen LogP contribution is 2.70. The van der Waals surface area contributed by atoms with Gasteiger partial charge in [-0.05, 0) is 97.0 Å². The number of allylic oxidation sites excluding steroid dienone is 4. The first-order valence-corrected chi connectivity index (χ1v) is 27.1. The fraction of sp³-hybridized carbons (Fsp3) is 0.404. The Balaban J connectivity index is 0.689. The number of ketones is 2. The third-order valence-electron chi connectivity index (χ3n) is 16.4. The number of anilines is 2. The standard InChI is InChI=1S/C57H59N9O13S/c1-55-19-18-38(68)23-35(55)12-15-39-40-24-45-57(44(70)28-67,56(40,2)25-42(69)50(39)55)79-53(78-45)43-26-59-48(80-43)22-33-4-3-5-37(20-33)63-54(76)77-29-32-8-13-36(14-9-32)62-52(75)41(16-17-49(73)74)64-47(72)27-58-46(71)21-31-6-10-34(11-7-31)51-65-60-30-61-66-51/h3-11,13-14,18-20,23,26,30,39-42,45,50,53,67,69H,12,15-17,21-22,24-25,27-29H2,1-2H3,(H,58,71)(H,62,75)(H,63,76)(H,64,72)(H,73,74)/t39-,40-,41-,42-,45+,50+,53-,55-,56-,57+/m0/s1. The molecule has 0 radical (unpaired) electrons. The minimum atomic E-state index is -1.49. The number of hydrogen-bond acceptors (Lipinski definition) is 18. The Labute approximate surface area is 462 Å². The Bertz CT molecular complexity index is 3270. The molecule has 3 saturated carbocycles. The van der Waals surface area contributed by atoms with Crippen LogP contribution >= 0.6 is 11.3 Å². The number of benzene rings is 3. The molecule has 23 heteroatoms. The Hall–Kier alpha value is -7.96. The number of ether oxygens (including phenoxy) is 3. The number of carbonyl (C=O) groups is 7. The average Bonchev–Trinajstić information content (AvgIpc) is 3.38. The molecule has 1 saturated heterocycles. The Morgan fingerprint density at radius 3 is 2.44 bits per heavy atom. The molecule has 3 aromatic carbocycles. The van der Waals surface area contributed by atoms with E-state index in [1.807, 2.05) is 19.1 Å². The number of Topliss-reactive ketones (excluding diaryl/α,β-unsaturated/α-hetero) is 1. The number of aliphatic carboxylic acids is 1. The lowest BCUT2D eigenvalue weighted by Gasteiger charge is -2.59. The second-order valence-corrected chi connectivity index (χ2v) is 22.5. The Morgan fingerprint density at radius 2 is 1.69 bits per heavy atom. The molecule has 22 nitrogen and oxygen atoms in total. The highest BCUT2D eigenvalue weighted by Gasteiger charge is 2.76. The SMILES string of the molecule is C[C@]12C=CC(=O)C=C1CC[C@@H]1[C@@H]2[C@@H](O)C[C@@]2(C)[C@H]1C[C@H]1O[C@H](c3cnc(Cc4cccc(NC(=O)OCc5ccc(NC(=O)[C@H](CCC(=O)O)NC(=O)CNC(=O)Cc6ccc(-c7nncnn7)cc6)cc5)c4)s3)O[C@]12C(=O)CO. The summed E-state index contributed by atoms with van der Waals surface area (Å²) in [6.07, 6.45) is 6.98. The number of carbonyl (C=O) groups excluding carboxylic acids is 6. The zero-order valence-electron chi connectivity index (χ0n) is 43.7. The molecule has 10 atom stereocenters. The Kier molecular flexibility index (Phi) is 15.9. The quantitative estimate of drug-likeness (QED) is 0.0573. The van der Waals surface area contributed by atoms with E-state index in [2.05, 4.69) is 53.6 Å². The first kappa shape index (κ1) is 55.4. The molecule has 0 spiro atoms. The number of amides is 4. The van der Waals surface area contributed by atoms with Gasteiger partial charge in [0.25, 0.3) is 0 Å². The number of hydrogen-bond donors (Lipinski definition) is 7. The van der Waals surface area contributed by atoms with Crippen LogP contribution in [-0.2, 0) is 62.4 Å². The van der Waals surface area contributed by atoms with Gasteiger partial charge in [0.15, 0.2) is 29.8 Å². The van der Waals surface area contributed by atoms with Crippen LogP contribution in [0.4, 0.5) is 16.2 Å². The second-order valence-electron chi connectivity index (χ2n) is 21.3. The van der Waals surface area contributed by atoms with Crippen LogP contribution in [0.15, 0.2) is 109 Å². The number of aliphatic hydroxyl groups excluding tert-OH is 2. The smallest absolute Gasteiger partial charge is 0.411 e. The number of aromatic nitrogens is 5. The maximum absolute atomic E-state index is 14.0. The van der Waals surface area contributed by atoms with Crippen molar-refractivity contribution in [1.82, 2.24) is 36.0 Å². The number of nitrogens with zero attached hydrogens (tertiary/aromatic N) is 5. The minimum absolute atomic E-state index is 0.0335. The largest absolute Gasteiger partial charge is 0.481 e. The molecule has 3 heterocycles. The van der Waals surface area contributed by atoms with Crippen molar-refractivity contribution < 1.29 is 63.1 Å². The molecule has 4 aliphatic carbocycles. The third kappa shape index (κ3) is 11.3. The van der Waals surface area contributed by atoms with E-state index in [-0.39, 0.29) is 49.4 Å². The molecular formula is C57H59N9O13S. The van der Waals surface area contributed by atoms with Crippen LogP contribution < -0.4 is 21.3 Å². The van der Waals surface area contributed by atoms with E-state index in [1.165, 1.54) is 17.7 Å². The molecule has 4 amide bonds. The number of nitrogens with one attached hydrogen (secondary N) is 4. The summed E-state index contributed by atoms with van der Waals surface area (Å²) >= 11 is 1.36. The maximum atomic E-state index is 14.0. The van der Waals surface area contributed by atoms with Gasteiger partial charge in [-0.25, -0.2) is 9.78 Å². The van der Waals surface area contributed by atoms with Gasteiger partial charge in [-0.3, -0.25) is 34.1 Å². The highest BCUT2D eigenvalue weighted by atomic mass is 32.1. The van der Waals surface area contributed by atoms with Gasteiger partial charge in [-0.2, -0.15) is 0 Å². The van der Waals surface area contributed by atoms with E-state index in [9.17, 15) is 48.9 Å². The fourth-order valence-corrected chi connectivity index (χ4v) is 13.7. The van der Waals surface area contributed by atoms with Crippen LogP contribution in [0.3, 0.4) is 0 Å². The summed E-state index contributed by atoms with van der Waals surface area (Å²) in [7, 11) is 0. The molecule has 416 valence electrons. The number of carboxylic acid groups (broad SMARTS) is 1. The fourth-order valence-electron chi connectivity index (χ4n) is 12.8. The maximum Gasteiger partial charge on any atom is 0.411 e. The van der Waals surface area contributed by atoms with E-state index < -0.39 is 96.1 Å². The van der Waals surface area contributed by atoms with Crippen molar-refractivity contribution >= 4 is 64.1 Å². The van der Waals surface area contributed by atoms with Crippen molar-refractivity contribution in [3.05, 3.63) is 136 Å². The molecule has 5 aliphatic rings. The summed E-state index contributed by atoms with van der Waals surface area (Å²) in [5.41, 5.74) is 1.73. The van der Waals surface area contributed by atoms with Gasteiger partial charge in [0.1, 0.15) is 19.3 Å². The van der Waals surface area contributed by atoms with Gasteiger partial charge < -0.3 is 45.5 Å². The summed E-state index contributed by atoms with van der Waals surface area (Å²) in [6, 6.07) is 19.1. The molecule has 7 N–H and O–H groups in total. The lowest BCUT2D eigenvalue weighted by Crippen LogP contribution is -2.63. The van der Waals surface area contributed by atoms with Crippen LogP contribution in [0, 0.1) is 28.6 Å². The van der Waals surface area contributed by atoms with Crippen molar-refractivity contribution in [3.8, 4) is 11.4 Å². The first-order valence-electron chi connectivity index (χ1n) is 26.3. The van der Waals surface area contributed by atoms with E-state index in [1.54, 1.807) is 85.1 Å². The normalized spacial score (nSPS) is 26.6. The van der Waals surface area contributed by atoms with E-state index in [4.69, 9.17) is 14.2 Å². The molecule has 0 unspecified atom stereocenters. The van der Waals surface area contributed by atoms with Crippen molar-refractivity contribution in [2.75, 3.05) is 23.8 Å². The highest BCUT2D eigenvalue weighted by molar-refractivity contribution is 7.11. The van der Waals surface area contributed by atoms with Gasteiger partial charge in [0.2, 0.25) is 23.5 Å². The second kappa shape index (κ2) is 23.0. The van der Waals surface area contributed by atoms with Crippen LogP contribution in [0.5, 0.6) is 0 Å². The molecule has 4 fully saturated rings. The number of thiazole rings is 1. The molecule has 0 bridgehead atoms. The predicted molar refractivity (Wildman–Crippen MR) is 286 cm³/mol. The van der Waals surface area contributed by atoms with Crippen molar-refractivity contribution in [3.63, 3.8) is 0 Å². The number of fused-ring (bicyclic) bond motifs is 7. The van der Waals surface area contributed by atoms with Crippen LogP contribution in [0.25, 0.3) is 11.4 Å². The van der Waals surface area contributed by atoms with Crippen molar-refractivity contribution in [2.24, 2.45) is 28.6 Å². The molecule has 1 aliphatic heterocycles. The molecule has 5 aromatic rings. The van der Waals surface area contributed by atoms with Crippen LogP contribution in [0.2, 0.25) is 0 Å². The topological polar surface area (TPSA) is 320 Å². The number of rotatable bonds is 19. The lowest BCUT2D eigenvalue weighted by molar-refractivity contribution is -0.200. The van der Waals surface area contributed by atoms with Crippen molar-refractivity contribution in [1.29, 1.82) is 0 Å².